The first kappa shape index (κ1) is 12.0. The second-order valence-corrected chi connectivity index (χ2v) is 3.03. The van der Waals surface area contributed by atoms with Gasteiger partial charge in [0.15, 0.2) is 5.76 Å². The maximum absolute atomic E-state index is 11.5. The number of ether oxygens (including phenoxy) is 1. The molecule has 5 heteroatoms. The Hall–Kier alpha value is -2.04. The molecule has 0 amide bonds. The molecule has 0 atom stereocenters. The minimum absolute atomic E-state index is 0.182. The second kappa shape index (κ2) is 5.16. The molecule has 0 aliphatic rings. The molecule has 1 aromatic heterocycles. The van der Waals surface area contributed by atoms with Crippen LogP contribution in [0.1, 0.15) is 19.6 Å². The zero-order valence-electron chi connectivity index (χ0n) is 9.11. The maximum Gasteiger partial charge on any atom is 0.343 e. The molecule has 0 aliphatic carbocycles. The van der Waals surface area contributed by atoms with Crippen LogP contribution >= 0.6 is 0 Å². The van der Waals surface area contributed by atoms with Crippen molar-refractivity contribution in [2.24, 2.45) is 0 Å². The molecule has 5 nitrogen and oxygen atoms in total. The first-order valence-corrected chi connectivity index (χ1v) is 4.77. The van der Waals surface area contributed by atoms with Crippen LogP contribution in [0.25, 0.3) is 0 Å². The largest absolute Gasteiger partial charge is 0.512 e. The van der Waals surface area contributed by atoms with Gasteiger partial charge in [-0.25, -0.2) is 4.79 Å². The Bertz CT molecular complexity index is 413. The standard InChI is InChI=1S/C11H13NO4/c1-3-15-11(14)9(7(2)13)10(12)8-5-4-6-16-8/h4-6,12-13H,3H2,1-2H3/b9-7-,12-10?. The highest BCUT2D eigenvalue weighted by atomic mass is 16.5. The summed E-state index contributed by atoms with van der Waals surface area (Å²) in [7, 11) is 0. The lowest BCUT2D eigenvalue weighted by atomic mass is 10.1. The zero-order valence-corrected chi connectivity index (χ0v) is 9.11. The van der Waals surface area contributed by atoms with E-state index in [2.05, 4.69) is 0 Å². The fraction of sp³-hybridized carbons (Fsp3) is 0.273. The highest BCUT2D eigenvalue weighted by Crippen LogP contribution is 2.13. The van der Waals surface area contributed by atoms with E-state index in [0.29, 0.717) is 0 Å². The van der Waals surface area contributed by atoms with E-state index in [1.54, 1.807) is 13.0 Å². The van der Waals surface area contributed by atoms with Crippen molar-refractivity contribution in [2.75, 3.05) is 6.61 Å². The van der Waals surface area contributed by atoms with E-state index in [1.807, 2.05) is 0 Å². The molecule has 1 heterocycles. The Morgan fingerprint density at radius 2 is 2.31 bits per heavy atom. The fourth-order valence-corrected chi connectivity index (χ4v) is 1.18. The van der Waals surface area contributed by atoms with Gasteiger partial charge in [-0.05, 0) is 26.0 Å². The number of nitrogens with one attached hydrogen (secondary N) is 1. The van der Waals surface area contributed by atoms with Gasteiger partial charge >= 0.3 is 5.97 Å². The molecule has 0 saturated heterocycles. The zero-order chi connectivity index (χ0) is 12.1. The predicted octanol–water partition coefficient (Wildman–Crippen LogP) is 2.04. The van der Waals surface area contributed by atoms with Crippen LogP contribution in [0, 0.1) is 5.41 Å². The van der Waals surface area contributed by atoms with Crippen molar-refractivity contribution in [2.45, 2.75) is 13.8 Å². The summed E-state index contributed by atoms with van der Waals surface area (Å²) in [5.41, 5.74) is -0.375. The van der Waals surface area contributed by atoms with E-state index in [1.165, 1.54) is 19.3 Å². The van der Waals surface area contributed by atoms with Crippen molar-refractivity contribution in [3.8, 4) is 0 Å². The maximum atomic E-state index is 11.5. The third-order valence-corrected chi connectivity index (χ3v) is 1.86. The van der Waals surface area contributed by atoms with Crippen LogP contribution in [0.15, 0.2) is 34.1 Å². The van der Waals surface area contributed by atoms with Crippen LogP contribution in [-0.4, -0.2) is 23.4 Å². The van der Waals surface area contributed by atoms with Gasteiger partial charge in [0.2, 0.25) is 0 Å². The van der Waals surface area contributed by atoms with Crippen molar-refractivity contribution in [3.05, 3.63) is 35.5 Å². The highest BCUT2D eigenvalue weighted by Gasteiger charge is 2.22. The summed E-state index contributed by atoms with van der Waals surface area (Å²) in [6.45, 7) is 3.16. The number of hydrogen-bond acceptors (Lipinski definition) is 5. The first-order chi connectivity index (χ1) is 7.57. The Labute approximate surface area is 92.8 Å². The monoisotopic (exact) mass is 223 g/mol. The number of esters is 1. The van der Waals surface area contributed by atoms with Crippen molar-refractivity contribution in [3.63, 3.8) is 0 Å². The van der Waals surface area contributed by atoms with Crippen LogP contribution in [0.3, 0.4) is 0 Å². The van der Waals surface area contributed by atoms with Crippen molar-refractivity contribution < 1.29 is 19.1 Å². The summed E-state index contributed by atoms with van der Waals surface area (Å²) in [6, 6.07) is 3.13. The Morgan fingerprint density at radius 1 is 1.62 bits per heavy atom. The summed E-state index contributed by atoms with van der Waals surface area (Å²) in [4.78, 5) is 11.5. The predicted molar refractivity (Wildman–Crippen MR) is 57.5 cm³/mol. The normalized spacial score (nSPS) is 11.9. The number of aliphatic hydroxyl groups is 1. The number of aliphatic hydroxyl groups excluding tert-OH is 1. The van der Waals surface area contributed by atoms with Gasteiger partial charge in [-0.2, -0.15) is 0 Å². The average Bonchev–Trinajstić information content (AvgIpc) is 2.70. The molecule has 1 aromatic rings. The van der Waals surface area contributed by atoms with Crippen LogP contribution in [0.5, 0.6) is 0 Å². The number of allylic oxidation sites excluding steroid dienone is 1. The quantitative estimate of drug-likeness (QED) is 0.354. The summed E-state index contributed by atoms with van der Waals surface area (Å²) in [5, 5.41) is 17.1. The summed E-state index contributed by atoms with van der Waals surface area (Å²) >= 11 is 0. The average molecular weight is 223 g/mol. The topological polar surface area (TPSA) is 83.5 Å². The molecule has 2 N–H and O–H groups in total. The molecule has 0 bridgehead atoms. The van der Waals surface area contributed by atoms with Gasteiger partial charge in [-0.1, -0.05) is 0 Å². The summed E-state index contributed by atoms with van der Waals surface area (Å²) in [5.74, 6) is -0.791. The molecular weight excluding hydrogens is 210 g/mol. The Kier molecular flexibility index (Phi) is 3.88. The molecule has 0 saturated carbocycles. The van der Waals surface area contributed by atoms with Gasteiger partial charge in [0.05, 0.1) is 12.9 Å². The van der Waals surface area contributed by atoms with Crippen molar-refractivity contribution in [1.82, 2.24) is 0 Å². The van der Waals surface area contributed by atoms with E-state index in [0.717, 1.165) is 0 Å². The molecule has 0 aliphatic heterocycles. The van der Waals surface area contributed by atoms with Crippen LogP contribution in [0.4, 0.5) is 0 Å². The molecule has 0 unspecified atom stereocenters. The third-order valence-electron chi connectivity index (χ3n) is 1.86. The van der Waals surface area contributed by atoms with Gasteiger partial charge in [-0.3, -0.25) is 5.41 Å². The molecule has 0 spiro atoms. The lowest BCUT2D eigenvalue weighted by molar-refractivity contribution is -0.138. The Balaban J connectivity index is 3.02. The number of carbonyl (C=O) groups excluding carboxylic acids is 1. The molecular formula is C11H13NO4. The fourth-order valence-electron chi connectivity index (χ4n) is 1.18. The van der Waals surface area contributed by atoms with E-state index in [-0.39, 0.29) is 29.4 Å². The number of carbonyl (C=O) groups is 1. The van der Waals surface area contributed by atoms with Gasteiger partial charge in [0.1, 0.15) is 17.0 Å². The van der Waals surface area contributed by atoms with Crippen molar-refractivity contribution in [1.29, 1.82) is 5.41 Å². The minimum Gasteiger partial charge on any atom is -0.512 e. The number of rotatable bonds is 4. The van der Waals surface area contributed by atoms with Gasteiger partial charge in [0, 0.05) is 0 Å². The van der Waals surface area contributed by atoms with E-state index in [4.69, 9.17) is 14.6 Å². The molecule has 86 valence electrons. The van der Waals surface area contributed by atoms with Crippen LogP contribution in [-0.2, 0) is 9.53 Å². The SMILES string of the molecule is CCOC(=O)/C(C(=N)c1ccco1)=C(/C)O. The number of hydrogen-bond donors (Lipinski definition) is 2. The lowest BCUT2D eigenvalue weighted by Crippen LogP contribution is -2.17. The lowest BCUT2D eigenvalue weighted by Gasteiger charge is -2.07. The minimum atomic E-state index is -0.732. The molecule has 0 aromatic carbocycles. The van der Waals surface area contributed by atoms with E-state index < -0.39 is 5.97 Å². The van der Waals surface area contributed by atoms with E-state index >= 15 is 0 Å². The third kappa shape index (κ3) is 2.50. The Morgan fingerprint density at radius 3 is 2.75 bits per heavy atom. The summed E-state index contributed by atoms with van der Waals surface area (Å²) < 4.78 is 9.72. The van der Waals surface area contributed by atoms with Crippen LogP contribution in [0.2, 0.25) is 0 Å². The molecule has 1 rings (SSSR count). The van der Waals surface area contributed by atoms with E-state index in [9.17, 15) is 9.90 Å². The molecule has 0 radical (unpaired) electrons. The van der Waals surface area contributed by atoms with Crippen LogP contribution < -0.4 is 0 Å². The molecule has 0 fully saturated rings. The first-order valence-electron chi connectivity index (χ1n) is 4.77. The number of furan rings is 1. The van der Waals surface area contributed by atoms with Gasteiger partial charge < -0.3 is 14.3 Å². The second-order valence-electron chi connectivity index (χ2n) is 3.03. The van der Waals surface area contributed by atoms with Gasteiger partial charge in [-0.15, -0.1) is 0 Å². The smallest absolute Gasteiger partial charge is 0.343 e. The summed E-state index contributed by atoms with van der Waals surface area (Å²) in [6.07, 6.45) is 1.39. The van der Waals surface area contributed by atoms with Crippen molar-refractivity contribution >= 4 is 11.7 Å². The highest BCUT2D eigenvalue weighted by molar-refractivity contribution is 6.24. The van der Waals surface area contributed by atoms with Gasteiger partial charge in [0.25, 0.3) is 0 Å². The molecule has 16 heavy (non-hydrogen) atoms.